The third-order valence-corrected chi connectivity index (χ3v) is 22.7. The summed E-state index contributed by atoms with van der Waals surface area (Å²) in [5, 5.41) is 31.1. The number of rotatable bonds is 44. The molecule has 3 rings (SSSR count). The van der Waals surface area contributed by atoms with E-state index in [0.29, 0.717) is 11.0 Å². The Kier molecular flexibility index (Phi) is 32.9. The Bertz CT molecular complexity index is 2350. The van der Waals surface area contributed by atoms with E-state index in [2.05, 4.69) is 20.9 Å². The topological polar surface area (TPSA) is 434 Å². The lowest BCUT2D eigenvalue weighted by Crippen LogP contribution is -2.61. The van der Waals surface area contributed by atoms with Crippen LogP contribution in [0.5, 0.6) is 0 Å². The molecule has 0 saturated carbocycles. The Hall–Kier alpha value is -0.843. The summed E-state index contributed by atoms with van der Waals surface area (Å²) in [7, 11) is -31.3. The summed E-state index contributed by atoms with van der Waals surface area (Å²) >= 11 is 0. The number of hydrogen-bond donors (Lipinski definition) is 9. The van der Waals surface area contributed by atoms with Crippen LogP contribution < -0.4 is 0 Å². The van der Waals surface area contributed by atoms with Crippen LogP contribution in [0.25, 0.3) is 0 Å². The molecule has 38 heteroatoms. The molecule has 0 aromatic heterocycles. The number of β-amino-alcohol motifs (C(OH)–C–C–N with tert-alkyl or cyclic N) is 3. The van der Waals surface area contributed by atoms with E-state index in [-0.39, 0.29) is 130 Å². The lowest BCUT2D eigenvalue weighted by Gasteiger charge is -2.43. The molecule has 0 aromatic carbocycles. The third kappa shape index (κ3) is 36.1. The molecule has 0 aliphatic carbocycles. The highest BCUT2D eigenvalue weighted by atomic mass is 32.2. The van der Waals surface area contributed by atoms with Crippen molar-refractivity contribution in [2.24, 2.45) is 0 Å². The zero-order valence-corrected chi connectivity index (χ0v) is 54.8. The molecule has 3 saturated heterocycles. The van der Waals surface area contributed by atoms with Crippen molar-refractivity contribution in [3.05, 3.63) is 0 Å². The lowest BCUT2D eigenvalue weighted by atomic mass is 10.1. The molecule has 0 spiro atoms. The van der Waals surface area contributed by atoms with E-state index >= 15 is 0 Å². The molecule has 0 bridgehead atoms. The Balaban J connectivity index is 2.22. The summed E-state index contributed by atoms with van der Waals surface area (Å²) in [4.78, 5) is 10.3. The number of nitrogens with zero attached hydrogens (tertiary/aromatic N) is 7. The largest absolute Gasteiger partial charge is 0.502 e. The van der Waals surface area contributed by atoms with Crippen LogP contribution in [-0.4, -0.2) is 351 Å². The van der Waals surface area contributed by atoms with Gasteiger partial charge in [-0.15, -0.1) is 0 Å². The molecule has 0 amide bonds. The van der Waals surface area contributed by atoms with E-state index in [9.17, 15) is 93.1 Å². The number of hydrogen-bond acceptors (Lipinski definition) is 24. The van der Waals surface area contributed by atoms with E-state index in [4.69, 9.17) is 13.3 Å². The lowest BCUT2D eigenvalue weighted by molar-refractivity contribution is -0.910. The molecule has 6 atom stereocenters. The van der Waals surface area contributed by atoms with Crippen molar-refractivity contribution >= 4 is 69.5 Å². The van der Waals surface area contributed by atoms with E-state index in [1.54, 1.807) is 29.4 Å². The first-order chi connectivity index (χ1) is 38.7. The Morgan fingerprint density at radius 2 is 0.583 bits per heavy atom. The first-order valence-electron chi connectivity index (χ1n) is 28.7. The highest BCUT2D eigenvalue weighted by Crippen LogP contribution is 2.29. The van der Waals surface area contributed by atoms with Crippen molar-refractivity contribution in [1.82, 2.24) is 29.4 Å². The van der Waals surface area contributed by atoms with Crippen molar-refractivity contribution in [2.45, 2.75) is 114 Å². The van der Waals surface area contributed by atoms with Gasteiger partial charge in [0, 0.05) is 130 Å². The summed E-state index contributed by atoms with van der Waals surface area (Å²) in [6.45, 7) is 6.89. The van der Waals surface area contributed by atoms with Crippen molar-refractivity contribution in [1.29, 1.82) is 0 Å². The van der Waals surface area contributed by atoms with Gasteiger partial charge in [-0.25, -0.2) is 0 Å². The Morgan fingerprint density at radius 3 is 0.810 bits per heavy atom. The van der Waals surface area contributed by atoms with Crippen LogP contribution in [0.15, 0.2) is 0 Å². The van der Waals surface area contributed by atoms with Crippen LogP contribution in [0.3, 0.4) is 0 Å². The minimum Gasteiger partial charge on any atom is -0.391 e. The monoisotopic (exact) mass is 1350 g/mol. The van der Waals surface area contributed by atoms with E-state index < -0.39 is 141 Å². The second kappa shape index (κ2) is 35.7. The minimum absolute atomic E-state index is 0.148. The highest BCUT2D eigenvalue weighted by molar-refractivity contribution is 7.87. The van der Waals surface area contributed by atoms with Gasteiger partial charge >= 0.3 is 8.80 Å². The summed E-state index contributed by atoms with van der Waals surface area (Å²) in [6, 6.07) is -0.241. The second-order valence-electron chi connectivity index (χ2n) is 23.2. The van der Waals surface area contributed by atoms with Gasteiger partial charge in [0.2, 0.25) is 0 Å². The number of unbranched alkanes of at least 4 members (excludes halogenated alkanes) is 6. The van der Waals surface area contributed by atoms with Gasteiger partial charge in [-0.05, 0) is 25.7 Å². The maximum atomic E-state index is 13.1. The van der Waals surface area contributed by atoms with Crippen LogP contribution in [0.4, 0.5) is 0 Å². The number of piperazine rings is 3. The molecule has 3 aliphatic rings. The second-order valence-corrected chi connectivity index (χ2v) is 34.7. The van der Waals surface area contributed by atoms with Gasteiger partial charge in [0.15, 0.2) is 0 Å². The molecule has 0 aromatic rings. The van der Waals surface area contributed by atoms with Crippen molar-refractivity contribution < 1.29 is 111 Å². The smallest absolute Gasteiger partial charge is 0.391 e. The van der Waals surface area contributed by atoms with E-state index in [0.717, 1.165) is 64.5 Å². The fraction of sp³-hybridized carbons (Fsp3) is 1.00. The summed E-state index contributed by atoms with van der Waals surface area (Å²) in [5.41, 5.74) is 0. The predicted molar refractivity (Wildman–Crippen MR) is 314 cm³/mol. The molecule has 500 valence electrons. The van der Waals surface area contributed by atoms with Gasteiger partial charge in [-0.1, -0.05) is 39.5 Å². The van der Waals surface area contributed by atoms with Crippen LogP contribution in [0.1, 0.15) is 71.6 Å². The van der Waals surface area contributed by atoms with Crippen molar-refractivity contribution in [3.8, 4) is 0 Å². The third-order valence-electron chi connectivity index (χ3n) is 14.9. The van der Waals surface area contributed by atoms with Crippen LogP contribution >= 0.6 is 0 Å². The van der Waals surface area contributed by atoms with Gasteiger partial charge in [0.25, 0.3) is 60.7 Å². The van der Waals surface area contributed by atoms with Crippen molar-refractivity contribution in [2.75, 3.05) is 179 Å². The SMILES string of the molecule is CCCCCC[N+](C)(CCCCCC)CCC[Si](OC(CN1CCN(CC(O)CS(=O)(=O)O)CC1)CS(=O)(=O)O)(OC(CN1CCN(CC(O)CS(=O)(=O)O)CC1)CS(=O)(=O)O)OC(CN1CCN(CC(O)CS(=O)(=O)O)CC1)CS(=O)(=O)O. The van der Waals surface area contributed by atoms with Gasteiger partial charge in [0.05, 0.1) is 63.3 Å². The molecule has 3 aliphatic heterocycles. The summed E-state index contributed by atoms with van der Waals surface area (Å²) in [6.07, 6.45) is -1.28. The minimum atomic E-state index is -4.99. The van der Waals surface area contributed by atoms with Crippen LogP contribution in [0, 0.1) is 0 Å². The molecule has 3 fully saturated rings. The number of aliphatic hydroxyl groups excluding tert-OH is 3. The van der Waals surface area contributed by atoms with Crippen LogP contribution in [0.2, 0.25) is 6.04 Å². The molecular weight excluding hydrogens is 1260 g/mol. The molecule has 84 heavy (non-hydrogen) atoms. The van der Waals surface area contributed by atoms with E-state index in [1.165, 1.54) is 0 Å². The summed E-state index contributed by atoms with van der Waals surface area (Å²) < 4.78 is 228. The highest BCUT2D eigenvalue weighted by Gasteiger charge is 2.50. The van der Waals surface area contributed by atoms with Gasteiger partial charge in [0.1, 0.15) is 34.5 Å². The molecular formula is C46H98N7O24S6Si+. The number of aliphatic hydroxyl groups is 3. The maximum Gasteiger partial charge on any atom is 0.502 e. The average molecular weight is 1350 g/mol. The van der Waals surface area contributed by atoms with Gasteiger partial charge < -0.3 is 33.1 Å². The first-order valence-corrected chi connectivity index (χ1v) is 40.3. The Morgan fingerprint density at radius 1 is 0.357 bits per heavy atom. The van der Waals surface area contributed by atoms with Gasteiger partial charge in [-0.2, -0.15) is 50.5 Å². The van der Waals surface area contributed by atoms with Crippen molar-refractivity contribution in [3.63, 3.8) is 0 Å². The fourth-order valence-electron chi connectivity index (χ4n) is 11.1. The van der Waals surface area contributed by atoms with Gasteiger partial charge in [-0.3, -0.25) is 56.7 Å². The molecule has 0 radical (unpaired) electrons. The van der Waals surface area contributed by atoms with E-state index in [1.807, 2.05) is 0 Å². The predicted octanol–water partition coefficient (Wildman–Crippen LogP) is -2.66. The molecule has 3 heterocycles. The number of quaternary nitrogens is 1. The maximum absolute atomic E-state index is 13.1. The van der Waals surface area contributed by atoms with Crippen LogP contribution in [-0.2, 0) is 74.0 Å². The Labute approximate surface area is 500 Å². The zero-order valence-electron chi connectivity index (χ0n) is 48.9. The average Bonchev–Trinajstić information content (AvgIpc) is 3.44. The molecule has 31 nitrogen and oxygen atoms in total. The fourth-order valence-corrected chi connectivity index (χ4v) is 18.2. The molecule has 6 unspecified atom stereocenters. The first kappa shape index (κ1) is 77.4. The zero-order chi connectivity index (χ0) is 63.2. The quantitative estimate of drug-likeness (QED) is 0.0130. The molecule has 9 N–H and O–H groups in total. The standard InChI is InChI=1S/C46H97N7O24S6Si/c1-4-6-8-10-25-53(3,26-11-9-7-5-2)27-12-28-84(75-44(38-81(66,67)68)32-50-19-13-47(14-20-50)29-41(54)35-78(57,58)59,76-45(39-82(69,70)71)33-51-21-15-48(16-22-51)30-42(55)36-79(60,61)62)77-46(40-83(72,73)74)34-52-23-17-49(18-24-52)31-43(56)37-80(63,64)65/h41-46,54-56H,4-40H2,1-3H3,(H5-,57,58,59,60,61,62,63,64,65,66,67,68,69,70,71,72,73,74)/p+1. The summed E-state index contributed by atoms with van der Waals surface area (Å²) in [5.74, 6) is -6.07. The normalized spacial score (nSPS) is 21.0.